The monoisotopic (exact) mass is 428 g/mol. The molecule has 4 aliphatic rings. The highest BCUT2D eigenvalue weighted by molar-refractivity contribution is 5.93. The van der Waals surface area contributed by atoms with E-state index in [1.807, 2.05) is 23.1 Å². The number of anilines is 1. The molecule has 1 aliphatic carbocycles. The highest BCUT2D eigenvalue weighted by Crippen LogP contribution is 2.47. The molecule has 2 saturated heterocycles. The molecule has 3 aliphatic heterocycles. The number of likely N-dealkylation sites (tertiary alicyclic amines) is 1. The standard InChI is InChI=1S/C24H32N2O5/c27-14-21-23-19(12-17(30-21)13-22(28)26-9-2-1-3-10-26)18-11-16(7-8-20(18)31-23)25-24(29)15-5-4-6-15/h7-8,11,15,17,19,21,23,27H,1-6,9-10,12-14H2,(H,25,29)/t17-,19-,21+,23+/m0/s1. The topological polar surface area (TPSA) is 88.1 Å². The maximum Gasteiger partial charge on any atom is 0.227 e. The molecule has 0 radical (unpaired) electrons. The van der Waals surface area contributed by atoms with E-state index in [1.54, 1.807) is 0 Å². The van der Waals surface area contributed by atoms with E-state index in [9.17, 15) is 14.7 Å². The molecule has 3 heterocycles. The molecule has 0 spiro atoms. The normalized spacial score (nSPS) is 30.0. The summed E-state index contributed by atoms with van der Waals surface area (Å²) in [5.41, 5.74) is 1.82. The van der Waals surface area contributed by atoms with Gasteiger partial charge in [0.25, 0.3) is 0 Å². The van der Waals surface area contributed by atoms with E-state index < -0.39 is 6.10 Å². The Bertz CT molecular complexity index is 833. The van der Waals surface area contributed by atoms with Crippen molar-refractivity contribution in [3.05, 3.63) is 23.8 Å². The van der Waals surface area contributed by atoms with E-state index in [4.69, 9.17) is 9.47 Å². The molecule has 0 aromatic heterocycles. The fraction of sp³-hybridized carbons (Fsp3) is 0.667. The van der Waals surface area contributed by atoms with Gasteiger partial charge >= 0.3 is 0 Å². The number of nitrogens with zero attached hydrogens (tertiary/aromatic N) is 1. The lowest BCUT2D eigenvalue weighted by Crippen LogP contribution is -2.48. The van der Waals surface area contributed by atoms with Crippen LogP contribution in [0.3, 0.4) is 0 Å². The fourth-order valence-corrected chi connectivity index (χ4v) is 5.35. The van der Waals surface area contributed by atoms with Gasteiger partial charge in [0.2, 0.25) is 11.8 Å². The number of amides is 2. The molecule has 5 rings (SSSR count). The SMILES string of the molecule is O=C(Nc1ccc2c(c1)[C@@H]1C[C@@H](CC(=O)N3CCCCC3)O[C@H](CO)[C@@H]1O2)C1CCC1. The summed E-state index contributed by atoms with van der Waals surface area (Å²) in [6.07, 6.45) is 6.43. The summed E-state index contributed by atoms with van der Waals surface area (Å²) in [6, 6.07) is 5.77. The van der Waals surface area contributed by atoms with Crippen molar-refractivity contribution in [2.75, 3.05) is 25.0 Å². The van der Waals surface area contributed by atoms with Crippen LogP contribution in [-0.2, 0) is 14.3 Å². The van der Waals surface area contributed by atoms with Crippen LogP contribution in [0.4, 0.5) is 5.69 Å². The van der Waals surface area contributed by atoms with Gasteiger partial charge in [0, 0.05) is 36.2 Å². The lowest BCUT2D eigenvalue weighted by atomic mass is 9.83. The van der Waals surface area contributed by atoms with Crippen LogP contribution < -0.4 is 10.1 Å². The van der Waals surface area contributed by atoms with Crippen molar-refractivity contribution in [3.8, 4) is 5.75 Å². The number of rotatable bonds is 5. The first-order chi connectivity index (χ1) is 15.1. The van der Waals surface area contributed by atoms with E-state index in [0.29, 0.717) is 12.8 Å². The molecule has 1 saturated carbocycles. The molecule has 7 nitrogen and oxygen atoms in total. The summed E-state index contributed by atoms with van der Waals surface area (Å²) in [4.78, 5) is 27.1. The molecule has 1 aromatic carbocycles. The quantitative estimate of drug-likeness (QED) is 0.753. The summed E-state index contributed by atoms with van der Waals surface area (Å²) in [7, 11) is 0. The van der Waals surface area contributed by atoms with E-state index in [-0.39, 0.29) is 42.5 Å². The molecule has 168 valence electrons. The zero-order valence-electron chi connectivity index (χ0n) is 17.9. The van der Waals surface area contributed by atoms with Crippen molar-refractivity contribution in [1.29, 1.82) is 0 Å². The van der Waals surface area contributed by atoms with Crippen LogP contribution >= 0.6 is 0 Å². The first kappa shape index (κ1) is 20.8. The predicted molar refractivity (Wildman–Crippen MR) is 115 cm³/mol. The van der Waals surface area contributed by atoms with Gasteiger partial charge in [-0.05, 0) is 56.7 Å². The van der Waals surface area contributed by atoms with Crippen molar-refractivity contribution in [2.45, 2.75) is 75.6 Å². The summed E-state index contributed by atoms with van der Waals surface area (Å²) >= 11 is 0. The molecule has 4 atom stereocenters. The van der Waals surface area contributed by atoms with Gasteiger partial charge in [0.1, 0.15) is 18.0 Å². The number of hydrogen-bond donors (Lipinski definition) is 2. The first-order valence-electron chi connectivity index (χ1n) is 11.8. The number of hydrogen-bond acceptors (Lipinski definition) is 5. The number of piperidine rings is 1. The Balaban J connectivity index is 1.29. The van der Waals surface area contributed by atoms with E-state index in [0.717, 1.165) is 62.2 Å². The maximum atomic E-state index is 12.8. The van der Waals surface area contributed by atoms with E-state index >= 15 is 0 Å². The summed E-state index contributed by atoms with van der Waals surface area (Å²) in [6.45, 7) is 1.52. The Morgan fingerprint density at radius 1 is 1.13 bits per heavy atom. The van der Waals surface area contributed by atoms with Crippen molar-refractivity contribution in [2.24, 2.45) is 5.92 Å². The summed E-state index contributed by atoms with van der Waals surface area (Å²) in [5.74, 6) is 1.18. The number of carbonyl (C=O) groups is 2. The molecule has 1 aromatic rings. The van der Waals surface area contributed by atoms with Gasteiger partial charge in [0.15, 0.2) is 0 Å². The Labute approximate surface area is 183 Å². The molecule has 31 heavy (non-hydrogen) atoms. The van der Waals surface area contributed by atoms with Crippen LogP contribution in [0.5, 0.6) is 5.75 Å². The number of aliphatic hydroxyl groups is 1. The number of aliphatic hydroxyl groups excluding tert-OH is 1. The third-order valence-electron chi connectivity index (χ3n) is 7.35. The van der Waals surface area contributed by atoms with Gasteiger partial charge in [-0.25, -0.2) is 0 Å². The van der Waals surface area contributed by atoms with Crippen LogP contribution in [0.15, 0.2) is 18.2 Å². The van der Waals surface area contributed by atoms with E-state index in [2.05, 4.69) is 5.32 Å². The smallest absolute Gasteiger partial charge is 0.227 e. The molecule has 7 heteroatoms. The minimum absolute atomic E-state index is 0.0422. The van der Waals surface area contributed by atoms with E-state index in [1.165, 1.54) is 6.42 Å². The fourth-order valence-electron chi connectivity index (χ4n) is 5.35. The highest BCUT2D eigenvalue weighted by Gasteiger charge is 2.46. The number of ether oxygens (including phenoxy) is 2. The van der Waals surface area contributed by atoms with Gasteiger partial charge in [-0.3, -0.25) is 9.59 Å². The van der Waals surface area contributed by atoms with Crippen molar-refractivity contribution in [1.82, 2.24) is 4.90 Å². The largest absolute Gasteiger partial charge is 0.487 e. The van der Waals surface area contributed by atoms with Gasteiger partial charge in [-0.15, -0.1) is 0 Å². The van der Waals surface area contributed by atoms with Crippen LogP contribution in [0, 0.1) is 5.92 Å². The zero-order chi connectivity index (χ0) is 21.4. The average molecular weight is 429 g/mol. The Morgan fingerprint density at radius 2 is 1.94 bits per heavy atom. The van der Waals surface area contributed by atoms with Crippen LogP contribution in [0.2, 0.25) is 0 Å². The Morgan fingerprint density at radius 3 is 2.65 bits per heavy atom. The van der Waals surface area contributed by atoms with Gasteiger partial charge < -0.3 is 24.8 Å². The van der Waals surface area contributed by atoms with Gasteiger partial charge in [-0.1, -0.05) is 6.42 Å². The number of carbonyl (C=O) groups excluding carboxylic acids is 2. The first-order valence-corrected chi connectivity index (χ1v) is 11.8. The summed E-state index contributed by atoms with van der Waals surface area (Å²) < 4.78 is 12.2. The zero-order valence-corrected chi connectivity index (χ0v) is 17.9. The number of nitrogens with one attached hydrogen (secondary N) is 1. The molecule has 2 N–H and O–H groups in total. The second-order valence-electron chi connectivity index (χ2n) is 9.42. The summed E-state index contributed by atoms with van der Waals surface area (Å²) in [5, 5.41) is 13.0. The Kier molecular flexibility index (Phi) is 5.89. The molecule has 0 bridgehead atoms. The number of fused-ring (bicyclic) bond motifs is 3. The molecular weight excluding hydrogens is 396 g/mol. The highest BCUT2D eigenvalue weighted by atomic mass is 16.6. The third-order valence-corrected chi connectivity index (χ3v) is 7.35. The minimum Gasteiger partial charge on any atom is -0.487 e. The molecular formula is C24H32N2O5. The van der Waals surface area contributed by atoms with Crippen LogP contribution in [0.25, 0.3) is 0 Å². The van der Waals surface area contributed by atoms with Gasteiger partial charge in [-0.2, -0.15) is 0 Å². The van der Waals surface area contributed by atoms with Crippen LogP contribution in [-0.4, -0.2) is 59.8 Å². The van der Waals surface area contributed by atoms with Crippen LogP contribution in [0.1, 0.15) is 62.8 Å². The predicted octanol–water partition coefficient (Wildman–Crippen LogP) is 2.82. The minimum atomic E-state index is -0.460. The van der Waals surface area contributed by atoms with Gasteiger partial charge in [0.05, 0.1) is 19.1 Å². The maximum absolute atomic E-state index is 12.8. The Hall–Kier alpha value is -2.12. The molecule has 2 amide bonds. The third kappa shape index (κ3) is 4.17. The van der Waals surface area contributed by atoms with Crippen molar-refractivity contribution < 1.29 is 24.2 Å². The molecule has 3 fully saturated rings. The van der Waals surface area contributed by atoms with Crippen molar-refractivity contribution >= 4 is 17.5 Å². The number of benzene rings is 1. The average Bonchev–Trinajstić information content (AvgIpc) is 3.10. The molecule has 0 unspecified atom stereocenters. The second-order valence-corrected chi connectivity index (χ2v) is 9.42. The lowest BCUT2D eigenvalue weighted by Gasteiger charge is -2.38. The second kappa shape index (κ2) is 8.79. The van der Waals surface area contributed by atoms with Crippen molar-refractivity contribution in [3.63, 3.8) is 0 Å². The lowest BCUT2D eigenvalue weighted by molar-refractivity contribution is -0.149.